The van der Waals surface area contributed by atoms with Crippen LogP contribution in [0.5, 0.6) is 17.2 Å². The third-order valence-electron chi connectivity index (χ3n) is 4.56. The van der Waals surface area contributed by atoms with Crippen LogP contribution in [0, 0.1) is 3.57 Å². The van der Waals surface area contributed by atoms with Gasteiger partial charge in [0, 0.05) is 6.07 Å². The lowest BCUT2D eigenvalue weighted by Gasteiger charge is -2.26. The summed E-state index contributed by atoms with van der Waals surface area (Å²) in [5.74, 6) is -0.784. The van der Waals surface area contributed by atoms with Crippen LogP contribution in [0.15, 0.2) is 42.0 Å². The number of carbonyl (C=O) groups is 4. The van der Waals surface area contributed by atoms with Crippen molar-refractivity contribution in [2.45, 2.75) is 0 Å². The number of carbonyl (C=O) groups excluding carboxylic acids is 4. The van der Waals surface area contributed by atoms with Gasteiger partial charge in [0.05, 0.1) is 16.4 Å². The van der Waals surface area contributed by atoms with Gasteiger partial charge in [-0.1, -0.05) is 6.07 Å². The van der Waals surface area contributed by atoms with E-state index < -0.39 is 23.8 Å². The predicted molar refractivity (Wildman–Crippen MR) is 118 cm³/mol. The number of fused-ring (bicyclic) bond motifs is 1. The van der Waals surface area contributed by atoms with Crippen molar-refractivity contribution in [1.82, 2.24) is 5.32 Å². The second-order valence-electron chi connectivity index (χ2n) is 6.55. The number of imide groups is 2. The molecule has 164 valence electrons. The molecule has 4 amide bonds. The number of anilines is 1. The molecule has 0 spiro atoms. The summed E-state index contributed by atoms with van der Waals surface area (Å²) in [5.41, 5.74) is 0.538. The van der Waals surface area contributed by atoms with E-state index in [-0.39, 0.29) is 24.7 Å². The van der Waals surface area contributed by atoms with Crippen LogP contribution in [-0.2, 0) is 19.1 Å². The largest absolute Gasteiger partial charge is 0.481 e. The van der Waals surface area contributed by atoms with Crippen molar-refractivity contribution in [2.24, 2.45) is 0 Å². The van der Waals surface area contributed by atoms with Crippen molar-refractivity contribution >= 4 is 58.2 Å². The minimum atomic E-state index is -0.864. The Hall–Kier alpha value is -3.61. The van der Waals surface area contributed by atoms with Gasteiger partial charge in [0.2, 0.25) is 6.79 Å². The summed E-state index contributed by atoms with van der Waals surface area (Å²) in [6.45, 7) is -0.207. The Morgan fingerprint density at radius 2 is 1.94 bits per heavy atom. The average Bonchev–Trinajstić information content (AvgIpc) is 3.23. The molecule has 4 rings (SSSR count). The summed E-state index contributed by atoms with van der Waals surface area (Å²) < 4.78 is 21.1. The summed E-state index contributed by atoms with van der Waals surface area (Å²) in [4.78, 5) is 49.9. The zero-order chi connectivity index (χ0) is 22.8. The highest BCUT2D eigenvalue weighted by atomic mass is 127. The van der Waals surface area contributed by atoms with Crippen LogP contribution in [0.2, 0.25) is 0 Å². The molecule has 0 bridgehead atoms. The van der Waals surface area contributed by atoms with E-state index in [9.17, 15) is 19.2 Å². The number of nitrogens with zero attached hydrogens (tertiary/aromatic N) is 1. The molecule has 0 aromatic heterocycles. The van der Waals surface area contributed by atoms with E-state index in [4.69, 9.17) is 14.2 Å². The Balaban J connectivity index is 1.60. The van der Waals surface area contributed by atoms with Crippen LogP contribution in [0.3, 0.4) is 0 Å². The number of halogens is 1. The fraction of sp³-hybridized carbons (Fsp3) is 0.143. The minimum Gasteiger partial charge on any atom is -0.481 e. The molecule has 1 fully saturated rings. The standard InChI is InChI=1S/C21H15IN2O8/c1-29-18(25)9-30-15-4-2-11(7-14(15)22)6-13-19(26)23-21(28)24(20(13)27)12-3-5-16-17(8-12)32-10-31-16/h2-8H,9-10H2,1H3,(H,23,26,28)/b13-6+. The van der Waals surface area contributed by atoms with Crippen LogP contribution in [0.1, 0.15) is 5.56 Å². The number of methoxy groups -OCH3 is 1. The third-order valence-corrected chi connectivity index (χ3v) is 5.40. The molecule has 10 nitrogen and oxygen atoms in total. The van der Waals surface area contributed by atoms with E-state index in [0.717, 1.165) is 4.90 Å². The van der Waals surface area contributed by atoms with Gasteiger partial charge >= 0.3 is 12.0 Å². The topological polar surface area (TPSA) is 120 Å². The van der Waals surface area contributed by atoms with Gasteiger partial charge in [-0.2, -0.15) is 0 Å². The highest BCUT2D eigenvalue weighted by Gasteiger charge is 2.37. The van der Waals surface area contributed by atoms with E-state index in [1.54, 1.807) is 24.3 Å². The monoisotopic (exact) mass is 550 g/mol. The van der Waals surface area contributed by atoms with Gasteiger partial charge < -0.3 is 18.9 Å². The SMILES string of the molecule is COC(=O)COc1ccc(/C=C2\C(=O)NC(=O)N(c3ccc4c(c3)OCO4)C2=O)cc1I. The smallest absolute Gasteiger partial charge is 0.343 e. The number of urea groups is 1. The Morgan fingerprint density at radius 3 is 2.69 bits per heavy atom. The highest BCUT2D eigenvalue weighted by molar-refractivity contribution is 14.1. The first-order valence-electron chi connectivity index (χ1n) is 9.17. The number of nitrogens with one attached hydrogen (secondary N) is 1. The third kappa shape index (κ3) is 4.23. The molecular weight excluding hydrogens is 535 g/mol. The molecule has 0 aliphatic carbocycles. The molecule has 1 saturated heterocycles. The molecular formula is C21H15IN2O8. The molecule has 2 heterocycles. The highest BCUT2D eigenvalue weighted by Crippen LogP contribution is 2.36. The molecule has 2 aliphatic rings. The predicted octanol–water partition coefficient (Wildman–Crippen LogP) is 2.24. The number of hydrogen-bond donors (Lipinski definition) is 1. The molecule has 2 aromatic rings. The summed E-state index contributed by atoms with van der Waals surface area (Å²) in [5, 5.41) is 2.17. The van der Waals surface area contributed by atoms with E-state index in [1.165, 1.54) is 25.3 Å². The number of rotatable bonds is 5. The maximum Gasteiger partial charge on any atom is 0.343 e. The van der Waals surface area contributed by atoms with Gasteiger partial charge in [0.25, 0.3) is 11.8 Å². The maximum atomic E-state index is 13.0. The van der Waals surface area contributed by atoms with E-state index in [0.29, 0.717) is 26.4 Å². The minimum absolute atomic E-state index is 0.0422. The van der Waals surface area contributed by atoms with Crippen LogP contribution in [0.4, 0.5) is 10.5 Å². The van der Waals surface area contributed by atoms with Crippen molar-refractivity contribution in [3.63, 3.8) is 0 Å². The Labute approximate surface area is 195 Å². The van der Waals surface area contributed by atoms with Crippen molar-refractivity contribution in [1.29, 1.82) is 0 Å². The van der Waals surface area contributed by atoms with Crippen LogP contribution < -0.4 is 24.4 Å². The van der Waals surface area contributed by atoms with Crippen LogP contribution in [0.25, 0.3) is 6.08 Å². The lowest BCUT2D eigenvalue weighted by molar-refractivity contribution is -0.143. The normalized spacial score (nSPS) is 16.2. The second kappa shape index (κ2) is 8.86. The van der Waals surface area contributed by atoms with Gasteiger partial charge in [-0.05, 0) is 58.5 Å². The molecule has 11 heteroatoms. The Morgan fingerprint density at radius 1 is 1.16 bits per heavy atom. The summed E-state index contributed by atoms with van der Waals surface area (Å²) in [6.07, 6.45) is 1.37. The first-order chi connectivity index (χ1) is 15.4. The number of barbiturate groups is 1. The molecule has 0 unspecified atom stereocenters. The first-order valence-corrected chi connectivity index (χ1v) is 10.3. The fourth-order valence-corrected chi connectivity index (χ4v) is 3.70. The first kappa shape index (κ1) is 21.6. The number of benzene rings is 2. The molecule has 0 saturated carbocycles. The fourth-order valence-electron chi connectivity index (χ4n) is 3.00. The maximum absolute atomic E-state index is 13.0. The van der Waals surface area contributed by atoms with Crippen molar-refractivity contribution < 1.29 is 38.1 Å². The van der Waals surface area contributed by atoms with Crippen molar-refractivity contribution in [3.8, 4) is 17.2 Å². The van der Waals surface area contributed by atoms with Gasteiger partial charge in [0.1, 0.15) is 11.3 Å². The van der Waals surface area contributed by atoms with Gasteiger partial charge in [-0.3, -0.25) is 14.9 Å². The van der Waals surface area contributed by atoms with E-state index in [2.05, 4.69) is 10.1 Å². The molecule has 1 N–H and O–H groups in total. The number of esters is 1. The molecule has 0 radical (unpaired) electrons. The number of amides is 4. The zero-order valence-corrected chi connectivity index (χ0v) is 18.7. The van der Waals surface area contributed by atoms with Gasteiger partial charge in [-0.25, -0.2) is 14.5 Å². The van der Waals surface area contributed by atoms with Crippen LogP contribution in [-0.4, -0.2) is 44.3 Å². The summed E-state index contributed by atoms with van der Waals surface area (Å²) >= 11 is 2.00. The van der Waals surface area contributed by atoms with Crippen LogP contribution >= 0.6 is 22.6 Å². The number of ether oxygens (including phenoxy) is 4. The molecule has 2 aromatic carbocycles. The summed E-state index contributed by atoms with van der Waals surface area (Å²) in [6, 6.07) is 8.61. The Kier molecular flexibility index (Phi) is 5.99. The summed E-state index contributed by atoms with van der Waals surface area (Å²) in [7, 11) is 1.26. The lowest BCUT2D eigenvalue weighted by atomic mass is 10.1. The van der Waals surface area contributed by atoms with Crippen molar-refractivity contribution in [3.05, 3.63) is 51.1 Å². The Bertz CT molecular complexity index is 1180. The lowest BCUT2D eigenvalue weighted by Crippen LogP contribution is -2.54. The van der Waals surface area contributed by atoms with E-state index >= 15 is 0 Å². The molecule has 32 heavy (non-hydrogen) atoms. The quantitative estimate of drug-likeness (QED) is 0.261. The second-order valence-corrected chi connectivity index (χ2v) is 7.71. The molecule has 0 atom stereocenters. The average molecular weight is 550 g/mol. The van der Waals surface area contributed by atoms with Gasteiger partial charge in [0.15, 0.2) is 18.1 Å². The van der Waals surface area contributed by atoms with Crippen molar-refractivity contribution in [2.75, 3.05) is 25.4 Å². The number of hydrogen-bond acceptors (Lipinski definition) is 8. The van der Waals surface area contributed by atoms with E-state index in [1.807, 2.05) is 22.6 Å². The zero-order valence-electron chi connectivity index (χ0n) is 16.5. The van der Waals surface area contributed by atoms with Gasteiger partial charge in [-0.15, -0.1) is 0 Å². The molecule has 2 aliphatic heterocycles.